The molecule has 1 saturated carbocycles. The molecule has 1 aliphatic carbocycles. The first-order chi connectivity index (χ1) is 28.8. The molecule has 0 aromatic carbocycles. The van der Waals surface area contributed by atoms with E-state index >= 15 is 0 Å². The van der Waals surface area contributed by atoms with Crippen LogP contribution >= 0.6 is 0 Å². The number of nitrogens with one attached hydrogen (secondary N) is 4. The van der Waals surface area contributed by atoms with Crippen LogP contribution in [0.5, 0.6) is 0 Å². The zero-order chi connectivity index (χ0) is 48.0. The highest BCUT2D eigenvalue weighted by molar-refractivity contribution is 5.82. The van der Waals surface area contributed by atoms with Crippen LogP contribution in [0.1, 0.15) is 82.1 Å². The maximum Gasteiger partial charge on any atom is 0.410 e. The van der Waals surface area contributed by atoms with Crippen molar-refractivity contribution in [3.05, 3.63) is 11.8 Å². The average Bonchev–Trinajstić information content (AvgIpc) is 3.12. The molecular weight excluding hydrogens is 834 g/mol. The van der Waals surface area contributed by atoms with Crippen LogP contribution in [0.2, 0.25) is 0 Å². The number of carbonyl (C=O) groups is 5. The average molecular weight is 906 g/mol. The topological polar surface area (TPSA) is 345 Å². The van der Waals surface area contributed by atoms with Gasteiger partial charge in [0.05, 0.1) is 44.4 Å². The number of aliphatic hydroxyl groups is 5. The third-order valence-corrected chi connectivity index (χ3v) is 10.1. The van der Waals surface area contributed by atoms with Gasteiger partial charge in [-0.1, -0.05) is 0 Å². The number of alkyl carbamates (subject to hydrolysis) is 2. The first-order valence-electron chi connectivity index (χ1n) is 20.9. The number of amides is 5. The quantitative estimate of drug-likeness (QED) is 0.0904. The molecule has 2 unspecified atom stereocenters. The highest BCUT2D eigenvalue weighted by Crippen LogP contribution is 2.37. The van der Waals surface area contributed by atoms with Crippen molar-refractivity contribution < 1.29 is 77.9 Å². The zero-order valence-corrected chi connectivity index (χ0v) is 38.1. The summed E-state index contributed by atoms with van der Waals surface area (Å²) in [6.07, 6.45) is -12.0. The minimum Gasteiger partial charge on any atom is -0.491 e. The van der Waals surface area contributed by atoms with Crippen LogP contribution in [-0.2, 0) is 38.0 Å². The lowest BCUT2D eigenvalue weighted by Gasteiger charge is -2.51. The second kappa shape index (κ2) is 21.3. The van der Waals surface area contributed by atoms with Gasteiger partial charge >= 0.3 is 18.3 Å². The predicted octanol–water partition coefficient (Wildman–Crippen LogP) is -1.84. The standard InChI is InChI=1S/C40H71N7O16/c1-37(2,3)61-34(54)44-16-23(48)31(52)43-15-19-12-13-20(41)28(59-19)25-21(42)14-22(46-32(53)24(49)17-45-35(55)62-38(4,5)6)29(26(25)50)60-33-27(51)30(40(10,57)18-58-33)47(11)36(56)63-39(7,8)9/h12,20-30,33,48-51,57H,13-18,41-42H2,1-11H3,(H,43,52)(H,44,54)(H,45,55)(H,46,53)/t20-,21+,22-,23?,24+,25-,26+,27-,28?,29+,30-,33-,40+/m1/s1. The molecule has 0 spiro atoms. The first kappa shape index (κ1) is 53.3. The number of hydrogen-bond donors (Lipinski definition) is 11. The Balaban J connectivity index is 1.85. The van der Waals surface area contributed by atoms with E-state index in [4.69, 9.17) is 39.9 Å². The highest BCUT2D eigenvalue weighted by atomic mass is 16.7. The van der Waals surface area contributed by atoms with Gasteiger partial charge in [0.25, 0.3) is 11.8 Å². The van der Waals surface area contributed by atoms with E-state index < -0.39 is 145 Å². The van der Waals surface area contributed by atoms with Crippen molar-refractivity contribution in [3.63, 3.8) is 0 Å². The lowest BCUT2D eigenvalue weighted by molar-refractivity contribution is -0.305. The minimum absolute atomic E-state index is 0.134. The molecule has 5 amide bonds. The maximum atomic E-state index is 13.4. The Morgan fingerprint density at radius 3 is 1.89 bits per heavy atom. The molecule has 362 valence electrons. The molecule has 3 rings (SSSR count). The predicted molar refractivity (Wildman–Crippen MR) is 222 cm³/mol. The minimum atomic E-state index is -1.83. The fourth-order valence-corrected chi connectivity index (χ4v) is 7.30. The molecular formula is C40H71N7O16. The highest BCUT2D eigenvalue weighted by Gasteiger charge is 2.55. The van der Waals surface area contributed by atoms with Crippen molar-refractivity contribution in [1.29, 1.82) is 0 Å². The summed E-state index contributed by atoms with van der Waals surface area (Å²) in [6.45, 7) is 14.4. The fraction of sp³-hybridized carbons (Fsp3) is 0.825. The molecule has 23 nitrogen and oxygen atoms in total. The summed E-state index contributed by atoms with van der Waals surface area (Å²) in [4.78, 5) is 64.4. The van der Waals surface area contributed by atoms with Crippen LogP contribution in [0, 0.1) is 5.92 Å². The van der Waals surface area contributed by atoms with E-state index in [0.29, 0.717) is 0 Å². The summed E-state index contributed by atoms with van der Waals surface area (Å²) >= 11 is 0. The molecule has 13 N–H and O–H groups in total. The van der Waals surface area contributed by atoms with Gasteiger partial charge < -0.3 is 91.6 Å². The Morgan fingerprint density at radius 1 is 0.841 bits per heavy atom. The monoisotopic (exact) mass is 905 g/mol. The number of nitrogens with zero attached hydrogens (tertiary/aromatic N) is 1. The van der Waals surface area contributed by atoms with E-state index in [1.807, 2.05) is 0 Å². The van der Waals surface area contributed by atoms with Gasteiger partial charge in [-0.25, -0.2) is 14.4 Å². The second-order valence-corrected chi connectivity index (χ2v) is 19.4. The van der Waals surface area contributed by atoms with Crippen LogP contribution in [0.4, 0.5) is 14.4 Å². The Labute approximate surface area is 367 Å². The summed E-state index contributed by atoms with van der Waals surface area (Å²) in [5.41, 5.74) is 8.81. The lowest BCUT2D eigenvalue weighted by Crippen LogP contribution is -2.70. The molecule has 0 aromatic rings. The Morgan fingerprint density at radius 2 is 1.37 bits per heavy atom. The molecule has 13 atom stereocenters. The molecule has 2 heterocycles. The lowest BCUT2D eigenvalue weighted by atomic mass is 9.72. The van der Waals surface area contributed by atoms with Gasteiger partial charge in [-0.3, -0.25) is 9.59 Å². The van der Waals surface area contributed by atoms with Crippen molar-refractivity contribution in [1.82, 2.24) is 26.2 Å². The number of ether oxygens (including phenoxy) is 6. The van der Waals surface area contributed by atoms with Crippen molar-refractivity contribution in [2.45, 2.75) is 172 Å². The third kappa shape index (κ3) is 15.8. The van der Waals surface area contributed by atoms with Crippen molar-refractivity contribution in [2.75, 3.05) is 33.3 Å². The number of nitrogens with two attached hydrogens (primary N) is 2. The van der Waals surface area contributed by atoms with Gasteiger partial charge in [-0.2, -0.15) is 0 Å². The Kier molecular flexibility index (Phi) is 18.0. The molecule has 0 bridgehead atoms. The Hall–Kier alpha value is -4.07. The van der Waals surface area contributed by atoms with Gasteiger partial charge in [-0.15, -0.1) is 0 Å². The number of rotatable bonds is 13. The molecule has 63 heavy (non-hydrogen) atoms. The van der Waals surface area contributed by atoms with Crippen LogP contribution in [0.3, 0.4) is 0 Å². The maximum absolute atomic E-state index is 13.4. The fourth-order valence-electron chi connectivity index (χ4n) is 7.30. The molecule has 2 fully saturated rings. The summed E-state index contributed by atoms with van der Waals surface area (Å²) < 4.78 is 34.0. The molecule has 1 saturated heterocycles. The van der Waals surface area contributed by atoms with Gasteiger partial charge in [0.15, 0.2) is 6.29 Å². The third-order valence-electron chi connectivity index (χ3n) is 10.1. The molecule has 2 aliphatic heterocycles. The molecule has 3 aliphatic rings. The van der Waals surface area contributed by atoms with E-state index in [1.165, 1.54) is 14.0 Å². The molecule has 0 radical (unpaired) electrons. The van der Waals surface area contributed by atoms with Crippen LogP contribution < -0.4 is 32.7 Å². The normalized spacial score (nSPS) is 31.2. The first-order valence-corrected chi connectivity index (χ1v) is 20.9. The molecule has 0 aromatic heterocycles. The summed E-state index contributed by atoms with van der Waals surface area (Å²) in [5, 5.41) is 66.0. The van der Waals surface area contributed by atoms with Crippen molar-refractivity contribution >= 4 is 30.1 Å². The van der Waals surface area contributed by atoms with E-state index in [0.717, 1.165) is 4.90 Å². The van der Waals surface area contributed by atoms with Crippen LogP contribution in [0.25, 0.3) is 0 Å². The summed E-state index contributed by atoms with van der Waals surface area (Å²) in [6, 6.07) is -4.31. The largest absolute Gasteiger partial charge is 0.491 e. The van der Waals surface area contributed by atoms with E-state index in [9.17, 15) is 49.5 Å². The number of likely N-dealkylation sites (N-methyl/N-ethyl adjacent to an activating group) is 1. The zero-order valence-electron chi connectivity index (χ0n) is 38.1. The van der Waals surface area contributed by atoms with Crippen LogP contribution in [0.15, 0.2) is 11.8 Å². The van der Waals surface area contributed by atoms with Gasteiger partial charge in [0, 0.05) is 25.0 Å². The number of aliphatic hydroxyl groups excluding tert-OH is 4. The van der Waals surface area contributed by atoms with Crippen molar-refractivity contribution in [2.24, 2.45) is 17.4 Å². The molecule has 23 heteroatoms. The van der Waals surface area contributed by atoms with Crippen LogP contribution in [-0.4, -0.2) is 183 Å². The van der Waals surface area contributed by atoms with Gasteiger partial charge in [-0.05, 0) is 88.2 Å². The van der Waals surface area contributed by atoms with Gasteiger partial charge in [0.1, 0.15) is 58.7 Å². The smallest absolute Gasteiger partial charge is 0.410 e. The summed E-state index contributed by atoms with van der Waals surface area (Å²) in [5.74, 6) is -2.68. The SMILES string of the molecule is CN(C(=O)OC(C)(C)C)[C@@H]1[C@@H](O)[C@@H](O[C@@H]2[C@@H](O)[C@H](C3OC(CNC(=O)C(O)CNC(=O)OC(C)(C)C)=CC[C@H]3N)[C@@H](N)C[C@H]2NC(=O)[C@@H](O)CNC(=O)OC(C)(C)C)OC[C@]1(C)O. The number of carbonyl (C=O) groups excluding carboxylic acids is 5. The van der Waals surface area contributed by atoms with E-state index in [1.54, 1.807) is 68.4 Å². The van der Waals surface area contributed by atoms with Crippen molar-refractivity contribution in [3.8, 4) is 0 Å². The van der Waals surface area contributed by atoms with E-state index in [2.05, 4.69) is 21.3 Å². The van der Waals surface area contributed by atoms with E-state index in [-0.39, 0.29) is 25.1 Å². The summed E-state index contributed by atoms with van der Waals surface area (Å²) in [7, 11) is 1.32. The second-order valence-electron chi connectivity index (χ2n) is 19.4. The Bertz CT molecular complexity index is 1630. The van der Waals surface area contributed by atoms with Gasteiger partial charge in [0.2, 0.25) is 0 Å². The number of hydrogen-bond acceptors (Lipinski definition) is 18.